The zero-order valence-electron chi connectivity index (χ0n) is 21.3. The van der Waals surface area contributed by atoms with E-state index in [2.05, 4.69) is 22.3 Å². The van der Waals surface area contributed by atoms with Gasteiger partial charge < -0.3 is 19.5 Å². The summed E-state index contributed by atoms with van der Waals surface area (Å²) in [6.45, 7) is 10.3. The van der Waals surface area contributed by atoms with Gasteiger partial charge in [0.2, 0.25) is 5.88 Å². The molecular weight excluding hydrogens is 480 g/mol. The van der Waals surface area contributed by atoms with Crippen LogP contribution in [0.15, 0.2) is 59.4 Å². The smallest absolute Gasteiger partial charge is 0.290 e. The Kier molecular flexibility index (Phi) is 11.6. The first-order valence-corrected chi connectivity index (χ1v) is 12.0. The van der Waals surface area contributed by atoms with Crippen molar-refractivity contribution in [2.75, 3.05) is 6.61 Å². The maximum Gasteiger partial charge on any atom is 0.290 e. The fourth-order valence-corrected chi connectivity index (χ4v) is 3.75. The summed E-state index contributed by atoms with van der Waals surface area (Å²) < 4.78 is 37.2. The average molecular weight is 514 g/mol. The number of aromatic nitrogens is 2. The predicted octanol–water partition coefficient (Wildman–Crippen LogP) is 5.93. The Morgan fingerprint density at radius 2 is 1.89 bits per heavy atom. The summed E-state index contributed by atoms with van der Waals surface area (Å²) in [6, 6.07) is 8.46. The van der Waals surface area contributed by atoms with Gasteiger partial charge >= 0.3 is 0 Å². The first-order valence-electron chi connectivity index (χ1n) is 12.0. The van der Waals surface area contributed by atoms with E-state index in [0.717, 1.165) is 29.6 Å². The van der Waals surface area contributed by atoms with Gasteiger partial charge in [-0.2, -0.15) is 0 Å². The maximum absolute atomic E-state index is 14.9. The molecule has 2 N–H and O–H groups in total. The minimum Gasteiger partial charge on any atom is -0.493 e. The first-order chi connectivity index (χ1) is 17.9. The standard InChI is InChI=1S/C25H25F2N3O2.C2H6.CH2O2/c1-16-7-8-22-23(11-16)30(15-19-9-10-32-19)24(29-22)14-18-13-20(26)17(12-21(18)27)5-3-4-6-25(31)28-2;1-2;2-1-3/h3-4,6-8,11-13,19,31H,2,5,9-10,14-15H2,1H3;1-2H3;1H,(H,2,3)/b4-3-,25-6+;;. The van der Waals surface area contributed by atoms with E-state index >= 15 is 0 Å². The molecule has 3 aromatic rings. The Bertz CT molecular complexity index is 1260. The van der Waals surface area contributed by atoms with Crippen LogP contribution in [0.1, 0.15) is 42.8 Å². The summed E-state index contributed by atoms with van der Waals surface area (Å²) in [6.07, 6.45) is 5.91. The van der Waals surface area contributed by atoms with Crippen LogP contribution in [0.25, 0.3) is 11.0 Å². The fraction of sp³-hybridized carbons (Fsp3) is 0.321. The van der Waals surface area contributed by atoms with Gasteiger partial charge in [-0.25, -0.2) is 18.8 Å². The molecule has 0 bridgehead atoms. The lowest BCUT2D eigenvalue weighted by Crippen LogP contribution is -2.31. The molecule has 9 heteroatoms. The van der Waals surface area contributed by atoms with Crippen LogP contribution in [0.4, 0.5) is 8.78 Å². The maximum atomic E-state index is 14.9. The highest BCUT2D eigenvalue weighted by Gasteiger charge is 2.22. The van der Waals surface area contributed by atoms with Crippen molar-refractivity contribution < 1.29 is 28.5 Å². The third-order valence-corrected chi connectivity index (χ3v) is 5.61. The molecule has 1 saturated heterocycles. The van der Waals surface area contributed by atoms with Crippen molar-refractivity contribution in [1.82, 2.24) is 9.55 Å². The van der Waals surface area contributed by atoms with Crippen molar-refractivity contribution in [2.45, 2.75) is 52.7 Å². The number of carbonyl (C=O) groups is 1. The van der Waals surface area contributed by atoms with Crippen molar-refractivity contribution in [3.05, 3.63) is 88.6 Å². The second kappa shape index (κ2) is 14.6. The highest BCUT2D eigenvalue weighted by molar-refractivity contribution is 5.77. The SMILES string of the molecule is C=N/C(O)=C\C=C/Cc1cc(F)c(Cc2nc3ccc(C)cc3n2CC2CCO2)cc1F.CC.O=CO. The number of benzene rings is 2. The Hall–Kier alpha value is -3.85. The topological polar surface area (TPSA) is 96.9 Å². The Morgan fingerprint density at radius 1 is 1.24 bits per heavy atom. The van der Waals surface area contributed by atoms with Gasteiger partial charge in [-0.3, -0.25) is 4.79 Å². The number of imidazole rings is 1. The molecule has 4 rings (SSSR count). The van der Waals surface area contributed by atoms with Crippen molar-refractivity contribution in [1.29, 1.82) is 0 Å². The molecule has 198 valence electrons. The monoisotopic (exact) mass is 513 g/mol. The molecule has 37 heavy (non-hydrogen) atoms. The molecule has 1 unspecified atom stereocenters. The van der Waals surface area contributed by atoms with Gasteiger partial charge in [0.15, 0.2) is 0 Å². The van der Waals surface area contributed by atoms with E-state index in [-0.39, 0.29) is 42.4 Å². The van der Waals surface area contributed by atoms with Gasteiger partial charge in [0, 0.05) is 13.0 Å². The van der Waals surface area contributed by atoms with E-state index in [0.29, 0.717) is 12.4 Å². The van der Waals surface area contributed by atoms with Gasteiger partial charge in [-0.15, -0.1) is 0 Å². The second-order valence-electron chi connectivity index (χ2n) is 8.04. The minimum absolute atomic E-state index is 0.118. The van der Waals surface area contributed by atoms with Gasteiger partial charge in [-0.1, -0.05) is 32.1 Å². The van der Waals surface area contributed by atoms with Gasteiger partial charge in [0.1, 0.15) is 17.5 Å². The average Bonchev–Trinajstić information content (AvgIpc) is 3.19. The highest BCUT2D eigenvalue weighted by atomic mass is 19.1. The summed E-state index contributed by atoms with van der Waals surface area (Å²) >= 11 is 0. The number of hydrogen-bond acceptors (Lipinski definition) is 5. The minimum atomic E-state index is -0.484. The molecule has 1 atom stereocenters. The third-order valence-electron chi connectivity index (χ3n) is 5.61. The molecule has 0 spiro atoms. The number of halogens is 2. The summed E-state index contributed by atoms with van der Waals surface area (Å²) in [5.41, 5.74) is 3.41. The number of aliphatic imine (C=N–C) groups is 1. The molecule has 2 heterocycles. The van der Waals surface area contributed by atoms with E-state index in [1.807, 2.05) is 32.9 Å². The highest BCUT2D eigenvalue weighted by Crippen LogP contribution is 2.25. The van der Waals surface area contributed by atoms with Crippen molar-refractivity contribution in [2.24, 2.45) is 4.99 Å². The van der Waals surface area contributed by atoms with E-state index < -0.39 is 11.6 Å². The number of aliphatic hydroxyl groups is 1. The number of ether oxygens (including phenoxy) is 1. The lowest BCUT2D eigenvalue weighted by atomic mass is 10.0. The normalized spacial score (nSPS) is 14.8. The number of nitrogens with zero attached hydrogens (tertiary/aromatic N) is 3. The number of hydrogen-bond donors (Lipinski definition) is 2. The van der Waals surface area contributed by atoms with Crippen LogP contribution in [0.5, 0.6) is 0 Å². The van der Waals surface area contributed by atoms with Crippen molar-refractivity contribution >= 4 is 24.2 Å². The second-order valence-corrected chi connectivity index (χ2v) is 8.04. The number of fused-ring (bicyclic) bond motifs is 1. The Balaban J connectivity index is 0.000000898. The van der Waals surface area contributed by atoms with Crippen LogP contribution in [0.2, 0.25) is 0 Å². The number of allylic oxidation sites excluding steroid dienone is 3. The van der Waals surface area contributed by atoms with Crippen LogP contribution in [0, 0.1) is 18.6 Å². The largest absolute Gasteiger partial charge is 0.493 e. The molecule has 0 aliphatic carbocycles. The molecule has 0 saturated carbocycles. The number of aryl methyl sites for hydroxylation is 1. The molecule has 2 aromatic carbocycles. The molecule has 1 aliphatic heterocycles. The lowest BCUT2D eigenvalue weighted by molar-refractivity contribution is -0.122. The van der Waals surface area contributed by atoms with Crippen LogP contribution < -0.4 is 0 Å². The number of aliphatic hydroxyl groups excluding tert-OH is 1. The van der Waals surface area contributed by atoms with E-state index in [1.165, 1.54) is 24.3 Å². The summed E-state index contributed by atoms with van der Waals surface area (Å²) in [5, 5.41) is 16.1. The summed E-state index contributed by atoms with van der Waals surface area (Å²) in [5.74, 6) is -0.518. The van der Waals surface area contributed by atoms with Crippen LogP contribution >= 0.6 is 0 Å². The van der Waals surface area contributed by atoms with Crippen molar-refractivity contribution in [3.63, 3.8) is 0 Å². The summed E-state index contributed by atoms with van der Waals surface area (Å²) in [7, 11) is 0. The van der Waals surface area contributed by atoms with Crippen LogP contribution in [-0.2, 0) is 28.9 Å². The van der Waals surface area contributed by atoms with Crippen LogP contribution in [0.3, 0.4) is 0 Å². The Morgan fingerprint density at radius 3 is 2.51 bits per heavy atom. The lowest BCUT2D eigenvalue weighted by Gasteiger charge is -2.27. The predicted molar refractivity (Wildman–Crippen MR) is 141 cm³/mol. The van der Waals surface area contributed by atoms with E-state index in [9.17, 15) is 13.9 Å². The molecule has 7 nitrogen and oxygen atoms in total. The molecular formula is C28H33F2N3O4. The molecule has 0 radical (unpaired) electrons. The molecule has 1 aromatic heterocycles. The molecule has 1 fully saturated rings. The first kappa shape index (κ1) is 29.4. The zero-order valence-corrected chi connectivity index (χ0v) is 21.3. The summed E-state index contributed by atoms with van der Waals surface area (Å²) in [4.78, 5) is 16.4. The third kappa shape index (κ3) is 8.08. The van der Waals surface area contributed by atoms with Gasteiger partial charge in [0.25, 0.3) is 6.47 Å². The van der Waals surface area contributed by atoms with E-state index in [1.54, 1.807) is 6.08 Å². The zero-order chi connectivity index (χ0) is 27.4. The van der Waals surface area contributed by atoms with Crippen molar-refractivity contribution in [3.8, 4) is 0 Å². The van der Waals surface area contributed by atoms with Crippen LogP contribution in [-0.4, -0.2) is 45.7 Å². The Labute approximate surface area is 215 Å². The molecule has 0 amide bonds. The number of carboxylic acid groups (broad SMARTS) is 1. The number of rotatable bonds is 8. The van der Waals surface area contributed by atoms with Gasteiger partial charge in [-0.05, 0) is 73.5 Å². The molecule has 1 aliphatic rings. The quantitative estimate of drug-likeness (QED) is 0.168. The fourth-order valence-electron chi connectivity index (χ4n) is 3.75. The van der Waals surface area contributed by atoms with E-state index in [4.69, 9.17) is 19.6 Å². The van der Waals surface area contributed by atoms with Gasteiger partial charge in [0.05, 0.1) is 23.7 Å².